The molecule has 0 aliphatic heterocycles. The fourth-order valence-electron chi connectivity index (χ4n) is 0. The molecule has 0 aliphatic carbocycles. The number of hydrogen-bond donors (Lipinski definition) is 2. The first-order valence-corrected chi connectivity index (χ1v) is 1.95. The molecule has 0 aromatic rings. The van der Waals surface area contributed by atoms with Gasteiger partial charge in [0.05, 0.1) is 0 Å². The van der Waals surface area contributed by atoms with Crippen molar-refractivity contribution in [3.8, 4) is 0 Å². The molecule has 0 radical (unpaired) electrons. The van der Waals surface area contributed by atoms with Crippen molar-refractivity contribution in [2.45, 2.75) is 0 Å². The molecule has 0 aliphatic rings. The molecule has 3 nitrogen and oxygen atoms in total. The molecule has 0 heterocycles. The van der Waals surface area contributed by atoms with Gasteiger partial charge in [0, 0.05) is 0 Å². The number of rotatable bonds is 0. The predicted octanol–water partition coefficient (Wildman–Crippen LogP) is -7.54. The summed E-state index contributed by atoms with van der Waals surface area (Å²) in [7, 11) is -3.13. The maximum atomic E-state index is 8.74. The minimum atomic E-state index is -3.13. The zero-order valence-electron chi connectivity index (χ0n) is 8.51. The van der Waals surface area contributed by atoms with E-state index in [0.717, 1.165) is 0 Å². The van der Waals surface area contributed by atoms with Crippen LogP contribution in [0, 0.1) is 0 Å². The molecular weight excluding hydrogens is 162 g/mol. The molecule has 32 valence electrons. The van der Waals surface area contributed by atoms with Crippen LogP contribution in [0.2, 0.25) is 0 Å². The van der Waals surface area contributed by atoms with E-state index in [9.17, 15) is 0 Å². The summed E-state index contributed by atoms with van der Waals surface area (Å²) in [6.45, 7) is 0. The Morgan fingerprint density at radius 1 is 1.29 bits per heavy atom. The SMILES string of the molecule is O=[Si](O)O.[Ca+2].[H-].[H-].[H-].[H-].[Na+].[Na+]. The van der Waals surface area contributed by atoms with E-state index in [4.69, 9.17) is 14.1 Å². The smallest absolute Gasteiger partial charge is 1.00 e. The third kappa shape index (κ3) is 50.7. The topological polar surface area (TPSA) is 57.5 Å². The molecule has 2 N–H and O–H groups in total. The summed E-state index contributed by atoms with van der Waals surface area (Å²) in [6, 6.07) is 0. The van der Waals surface area contributed by atoms with Gasteiger partial charge in [0.1, 0.15) is 0 Å². The summed E-state index contributed by atoms with van der Waals surface area (Å²) in [4.78, 5) is 14.3. The first-order valence-electron chi connectivity index (χ1n) is 0.651. The summed E-state index contributed by atoms with van der Waals surface area (Å²) in [6.07, 6.45) is 0. The second-order valence-electron chi connectivity index (χ2n) is 0.283. The predicted molar refractivity (Wildman–Crippen MR) is 21.1 cm³/mol. The van der Waals surface area contributed by atoms with Crippen LogP contribution in [0.5, 0.6) is 0 Å². The molecule has 0 unspecified atom stereocenters. The van der Waals surface area contributed by atoms with Crippen molar-refractivity contribution >= 4 is 46.9 Å². The van der Waals surface area contributed by atoms with Gasteiger partial charge in [0.25, 0.3) is 0 Å². The molecule has 7 heavy (non-hydrogen) atoms. The average Bonchev–Trinajstić information content (AvgIpc) is 0.811. The van der Waals surface area contributed by atoms with Gasteiger partial charge >= 0.3 is 106 Å². The van der Waals surface area contributed by atoms with Crippen molar-refractivity contribution in [3.05, 3.63) is 0 Å². The Labute approximate surface area is 123 Å². The van der Waals surface area contributed by atoms with Crippen LogP contribution in [0.3, 0.4) is 0 Å². The van der Waals surface area contributed by atoms with Crippen molar-refractivity contribution in [3.63, 3.8) is 0 Å². The van der Waals surface area contributed by atoms with Crippen LogP contribution < -0.4 is 59.1 Å². The largest absolute Gasteiger partial charge is 2.00 e. The Hall–Kier alpha value is 2.88. The molecule has 0 saturated carbocycles. The van der Waals surface area contributed by atoms with Gasteiger partial charge in [-0.1, -0.05) is 0 Å². The van der Waals surface area contributed by atoms with E-state index in [0.29, 0.717) is 0 Å². The minimum absolute atomic E-state index is 0. The van der Waals surface area contributed by atoms with Gasteiger partial charge in [-0.2, -0.15) is 0 Å². The van der Waals surface area contributed by atoms with Crippen molar-refractivity contribution in [2.24, 2.45) is 0 Å². The molecule has 0 amide bonds. The van der Waals surface area contributed by atoms with Crippen LogP contribution in [0.1, 0.15) is 5.71 Å². The molecular formula is H6CaNa2O3Si. The molecule has 0 bridgehead atoms. The van der Waals surface area contributed by atoms with E-state index >= 15 is 0 Å². The van der Waals surface area contributed by atoms with Crippen LogP contribution in [-0.4, -0.2) is 56.5 Å². The standard InChI is InChI=1S/Ca.2Na.H2O3Si.4H/c;;;1-4(2)3;;;;/h;;;1-2H;;;;/q+2;2*+1;;4*-1. The summed E-state index contributed by atoms with van der Waals surface area (Å²) in [5, 5.41) is 0. The molecule has 0 aromatic heterocycles. The van der Waals surface area contributed by atoms with E-state index in [2.05, 4.69) is 0 Å². The monoisotopic (exact) mass is 168 g/mol. The third-order valence-corrected chi connectivity index (χ3v) is 0. The van der Waals surface area contributed by atoms with Gasteiger partial charge in [-0.25, -0.2) is 0 Å². The van der Waals surface area contributed by atoms with Gasteiger partial charge < -0.3 is 15.3 Å². The summed E-state index contributed by atoms with van der Waals surface area (Å²) in [5.74, 6) is 0. The van der Waals surface area contributed by atoms with Crippen molar-refractivity contribution < 1.29 is 78.9 Å². The second-order valence-corrected chi connectivity index (χ2v) is 0.848. The number of hydrogen-bond acceptors (Lipinski definition) is 1. The van der Waals surface area contributed by atoms with Gasteiger partial charge in [0.2, 0.25) is 0 Å². The molecule has 0 rings (SSSR count). The fraction of sp³-hybridized carbons (Fsp3) is 0. The zero-order chi connectivity index (χ0) is 3.58. The minimum Gasteiger partial charge on any atom is -1.00 e. The second kappa shape index (κ2) is 15.9. The summed E-state index contributed by atoms with van der Waals surface area (Å²) in [5.41, 5.74) is 0. The molecule has 0 spiro atoms. The Morgan fingerprint density at radius 3 is 1.29 bits per heavy atom. The fourth-order valence-corrected chi connectivity index (χ4v) is 0. The molecule has 0 aromatic carbocycles. The summed E-state index contributed by atoms with van der Waals surface area (Å²) < 4.78 is 8.74. The summed E-state index contributed by atoms with van der Waals surface area (Å²) >= 11 is 0. The quantitative estimate of drug-likeness (QED) is 0.353. The maximum absolute atomic E-state index is 8.74. The Kier molecular flexibility index (Phi) is 51.3. The first-order chi connectivity index (χ1) is 1.73. The van der Waals surface area contributed by atoms with E-state index in [1.165, 1.54) is 0 Å². The average molecular weight is 168 g/mol. The van der Waals surface area contributed by atoms with Gasteiger partial charge in [-0.3, -0.25) is 4.46 Å². The van der Waals surface area contributed by atoms with E-state index in [1.54, 1.807) is 0 Å². The van der Waals surface area contributed by atoms with Gasteiger partial charge in [-0.05, 0) is 0 Å². The normalized spacial score (nSPS) is 3.43. The van der Waals surface area contributed by atoms with Crippen molar-refractivity contribution in [1.29, 1.82) is 0 Å². The van der Waals surface area contributed by atoms with Crippen molar-refractivity contribution in [1.82, 2.24) is 0 Å². The molecule has 0 fully saturated rings. The Morgan fingerprint density at radius 2 is 1.29 bits per heavy atom. The van der Waals surface area contributed by atoms with E-state index < -0.39 is 9.17 Å². The molecule has 7 heteroatoms. The van der Waals surface area contributed by atoms with Gasteiger partial charge in [-0.15, -0.1) is 0 Å². The van der Waals surface area contributed by atoms with Crippen LogP contribution in [0.4, 0.5) is 0 Å². The Bertz CT molecular complexity index is 46.3. The van der Waals surface area contributed by atoms with Crippen LogP contribution in [0.15, 0.2) is 0 Å². The Balaban J connectivity index is -0.00000000214. The van der Waals surface area contributed by atoms with Crippen molar-refractivity contribution in [2.75, 3.05) is 0 Å². The third-order valence-electron chi connectivity index (χ3n) is 0. The van der Waals surface area contributed by atoms with Gasteiger partial charge in [0.15, 0.2) is 0 Å². The van der Waals surface area contributed by atoms with Crippen LogP contribution >= 0.6 is 0 Å². The van der Waals surface area contributed by atoms with Crippen LogP contribution in [0.25, 0.3) is 0 Å². The zero-order valence-corrected chi connectivity index (χ0v) is 11.7. The molecule has 0 atom stereocenters. The van der Waals surface area contributed by atoms with E-state index in [-0.39, 0.29) is 103 Å². The van der Waals surface area contributed by atoms with E-state index in [1.807, 2.05) is 0 Å². The molecule has 0 saturated heterocycles. The van der Waals surface area contributed by atoms with Crippen LogP contribution in [-0.2, 0) is 4.46 Å². The maximum Gasteiger partial charge on any atom is 2.00 e. The first kappa shape index (κ1) is 22.5.